The van der Waals surface area contributed by atoms with Crippen LogP contribution in [0.1, 0.15) is 45.9 Å². The summed E-state index contributed by atoms with van der Waals surface area (Å²) in [6.07, 6.45) is 4.03. The highest BCUT2D eigenvalue weighted by atomic mass is 19.1. The second kappa shape index (κ2) is 9.31. The van der Waals surface area contributed by atoms with Crippen molar-refractivity contribution in [3.05, 3.63) is 64.5 Å². The van der Waals surface area contributed by atoms with Crippen molar-refractivity contribution in [2.75, 3.05) is 13.1 Å². The predicted octanol–water partition coefficient (Wildman–Crippen LogP) is 5.28. The Morgan fingerprint density at radius 3 is 2.65 bits per heavy atom. The van der Waals surface area contributed by atoms with E-state index in [9.17, 15) is 9.18 Å². The molecule has 0 unspecified atom stereocenters. The van der Waals surface area contributed by atoms with E-state index in [1.807, 2.05) is 22.8 Å². The topological polar surface area (TPSA) is 38.1 Å². The molecule has 1 fully saturated rings. The van der Waals surface area contributed by atoms with Crippen molar-refractivity contribution in [2.24, 2.45) is 5.92 Å². The predicted molar refractivity (Wildman–Crippen MR) is 125 cm³/mol. The second-order valence-electron chi connectivity index (χ2n) is 9.00. The van der Waals surface area contributed by atoms with Gasteiger partial charge >= 0.3 is 0 Å². The standard InChI is InChI=1S/C26H32FN3O/c1-4-7-24-28-23-10-5-9-22(20-11-13-21(27)14-12-20)25(23)26(31)30(24)17-19-8-6-15-29(16-19)18(2)3/h5,9-14,18-19H,4,6-8,15-17H2,1-3H3/t19-/m0/s1. The monoisotopic (exact) mass is 421 g/mol. The zero-order valence-electron chi connectivity index (χ0n) is 18.8. The molecule has 0 radical (unpaired) electrons. The van der Waals surface area contributed by atoms with Crippen molar-refractivity contribution in [1.82, 2.24) is 14.5 Å². The van der Waals surface area contributed by atoms with Gasteiger partial charge in [-0.2, -0.15) is 0 Å². The van der Waals surface area contributed by atoms with Crippen LogP contribution in [-0.4, -0.2) is 33.6 Å². The molecule has 0 aliphatic carbocycles. The molecule has 1 atom stereocenters. The Labute approximate surface area is 183 Å². The number of hydrogen-bond donors (Lipinski definition) is 0. The number of rotatable bonds is 6. The van der Waals surface area contributed by atoms with E-state index in [4.69, 9.17) is 4.98 Å². The van der Waals surface area contributed by atoms with E-state index in [1.165, 1.54) is 18.6 Å². The third-order valence-electron chi connectivity index (χ3n) is 6.41. The van der Waals surface area contributed by atoms with Crippen molar-refractivity contribution in [3.8, 4) is 11.1 Å². The van der Waals surface area contributed by atoms with Gasteiger partial charge in [-0.3, -0.25) is 9.36 Å². The number of halogens is 1. The highest BCUT2D eigenvalue weighted by molar-refractivity contribution is 5.94. The summed E-state index contributed by atoms with van der Waals surface area (Å²) < 4.78 is 15.4. The molecular formula is C26H32FN3O. The van der Waals surface area contributed by atoms with E-state index < -0.39 is 0 Å². The van der Waals surface area contributed by atoms with Crippen LogP contribution in [0.25, 0.3) is 22.0 Å². The second-order valence-corrected chi connectivity index (χ2v) is 9.00. The van der Waals surface area contributed by atoms with Crippen molar-refractivity contribution in [1.29, 1.82) is 0 Å². The van der Waals surface area contributed by atoms with E-state index >= 15 is 0 Å². The van der Waals surface area contributed by atoms with E-state index in [-0.39, 0.29) is 11.4 Å². The summed E-state index contributed by atoms with van der Waals surface area (Å²) >= 11 is 0. The molecule has 5 heteroatoms. The van der Waals surface area contributed by atoms with Crippen LogP contribution in [0.5, 0.6) is 0 Å². The number of piperidine rings is 1. The highest BCUT2D eigenvalue weighted by Crippen LogP contribution is 2.27. The minimum atomic E-state index is -0.281. The quantitative estimate of drug-likeness (QED) is 0.544. The molecule has 31 heavy (non-hydrogen) atoms. The molecule has 1 aliphatic heterocycles. The molecule has 1 aromatic heterocycles. The Morgan fingerprint density at radius 2 is 1.94 bits per heavy atom. The summed E-state index contributed by atoms with van der Waals surface area (Å²) in [5, 5.41) is 0.630. The Morgan fingerprint density at radius 1 is 1.16 bits per heavy atom. The third kappa shape index (κ3) is 4.57. The zero-order chi connectivity index (χ0) is 22.0. The number of likely N-dealkylation sites (tertiary alicyclic amines) is 1. The van der Waals surface area contributed by atoms with Crippen LogP contribution in [-0.2, 0) is 13.0 Å². The maximum absolute atomic E-state index is 13.8. The lowest BCUT2D eigenvalue weighted by atomic mass is 9.96. The van der Waals surface area contributed by atoms with Gasteiger partial charge in [0.25, 0.3) is 5.56 Å². The fraction of sp³-hybridized carbons (Fsp3) is 0.462. The average molecular weight is 422 g/mol. The number of nitrogens with zero attached hydrogens (tertiary/aromatic N) is 3. The van der Waals surface area contributed by atoms with Crippen LogP contribution in [0, 0.1) is 11.7 Å². The van der Waals surface area contributed by atoms with Crippen LogP contribution in [0.15, 0.2) is 47.3 Å². The molecular weight excluding hydrogens is 389 g/mol. The zero-order valence-corrected chi connectivity index (χ0v) is 18.8. The van der Waals surface area contributed by atoms with Gasteiger partial charge in [-0.25, -0.2) is 9.37 Å². The van der Waals surface area contributed by atoms with Crippen LogP contribution < -0.4 is 5.56 Å². The van der Waals surface area contributed by atoms with Gasteiger partial charge in [0, 0.05) is 25.6 Å². The van der Waals surface area contributed by atoms with Crippen LogP contribution in [0.2, 0.25) is 0 Å². The summed E-state index contributed by atoms with van der Waals surface area (Å²) in [6.45, 7) is 9.46. The number of fused-ring (bicyclic) bond motifs is 1. The highest BCUT2D eigenvalue weighted by Gasteiger charge is 2.24. The van der Waals surface area contributed by atoms with Gasteiger partial charge in [-0.1, -0.05) is 31.2 Å². The minimum absolute atomic E-state index is 0.0232. The van der Waals surface area contributed by atoms with Gasteiger partial charge in [-0.15, -0.1) is 0 Å². The fourth-order valence-electron chi connectivity index (χ4n) is 4.76. The first-order valence-electron chi connectivity index (χ1n) is 11.5. The SMILES string of the molecule is CCCc1nc2cccc(-c3ccc(F)cc3)c2c(=O)n1C[C@H]1CCCN(C(C)C)C1. The minimum Gasteiger partial charge on any atom is -0.301 e. The van der Waals surface area contributed by atoms with Gasteiger partial charge in [0.05, 0.1) is 10.9 Å². The maximum Gasteiger partial charge on any atom is 0.262 e. The summed E-state index contributed by atoms with van der Waals surface area (Å²) in [5.41, 5.74) is 2.40. The van der Waals surface area contributed by atoms with E-state index in [0.717, 1.165) is 54.8 Å². The normalized spacial score (nSPS) is 17.5. The van der Waals surface area contributed by atoms with Crippen molar-refractivity contribution < 1.29 is 4.39 Å². The molecule has 0 bridgehead atoms. The first-order valence-corrected chi connectivity index (χ1v) is 11.5. The molecule has 4 rings (SSSR count). The smallest absolute Gasteiger partial charge is 0.262 e. The van der Waals surface area contributed by atoms with Gasteiger partial charge in [0.2, 0.25) is 0 Å². The summed E-state index contributed by atoms with van der Waals surface area (Å²) in [6, 6.07) is 12.6. The number of benzene rings is 2. The van der Waals surface area contributed by atoms with Gasteiger partial charge < -0.3 is 4.90 Å². The summed E-state index contributed by atoms with van der Waals surface area (Å²) in [7, 11) is 0. The summed E-state index contributed by atoms with van der Waals surface area (Å²) in [4.78, 5) is 21.2. The lowest BCUT2D eigenvalue weighted by molar-refractivity contribution is 0.129. The number of aromatic nitrogens is 2. The van der Waals surface area contributed by atoms with E-state index in [1.54, 1.807) is 12.1 Å². The molecule has 0 N–H and O–H groups in total. The first-order chi connectivity index (χ1) is 15.0. The molecule has 0 spiro atoms. The fourth-order valence-corrected chi connectivity index (χ4v) is 4.76. The lowest BCUT2D eigenvalue weighted by Crippen LogP contribution is -2.42. The molecule has 0 amide bonds. The summed E-state index contributed by atoms with van der Waals surface area (Å²) in [5.74, 6) is 1.04. The molecule has 4 nitrogen and oxygen atoms in total. The molecule has 2 aromatic carbocycles. The van der Waals surface area contributed by atoms with Gasteiger partial charge in [0.15, 0.2) is 0 Å². The number of aryl methyl sites for hydroxylation is 1. The van der Waals surface area contributed by atoms with Crippen LogP contribution in [0.3, 0.4) is 0 Å². The maximum atomic E-state index is 13.8. The lowest BCUT2D eigenvalue weighted by Gasteiger charge is -2.36. The van der Waals surface area contributed by atoms with E-state index in [0.29, 0.717) is 23.9 Å². The Bertz CT molecular complexity index is 1100. The Kier molecular flexibility index (Phi) is 6.51. The molecule has 0 saturated carbocycles. The van der Waals surface area contributed by atoms with Crippen LogP contribution >= 0.6 is 0 Å². The third-order valence-corrected chi connectivity index (χ3v) is 6.41. The molecule has 1 saturated heterocycles. The Hall–Kier alpha value is -2.53. The molecule has 2 heterocycles. The van der Waals surface area contributed by atoms with Crippen LogP contribution in [0.4, 0.5) is 4.39 Å². The van der Waals surface area contributed by atoms with E-state index in [2.05, 4.69) is 25.7 Å². The first kappa shape index (κ1) is 21.7. The average Bonchev–Trinajstić information content (AvgIpc) is 2.77. The molecule has 1 aliphatic rings. The van der Waals surface area contributed by atoms with Crippen molar-refractivity contribution >= 4 is 10.9 Å². The van der Waals surface area contributed by atoms with Gasteiger partial charge in [-0.05, 0) is 74.9 Å². The van der Waals surface area contributed by atoms with Gasteiger partial charge in [0.1, 0.15) is 11.6 Å². The Balaban J connectivity index is 1.81. The molecule has 3 aromatic rings. The van der Waals surface area contributed by atoms with Crippen molar-refractivity contribution in [2.45, 2.75) is 59.0 Å². The number of hydrogen-bond acceptors (Lipinski definition) is 3. The largest absolute Gasteiger partial charge is 0.301 e. The van der Waals surface area contributed by atoms with Crippen molar-refractivity contribution in [3.63, 3.8) is 0 Å². The molecule has 164 valence electrons.